The number of carbonyl (C=O) groups excluding carboxylic acids is 2. The van der Waals surface area contributed by atoms with Crippen molar-refractivity contribution in [2.45, 2.75) is 13.0 Å². The van der Waals surface area contributed by atoms with Crippen LogP contribution in [-0.2, 0) is 9.53 Å². The van der Waals surface area contributed by atoms with Crippen LogP contribution in [0.2, 0.25) is 0 Å². The monoisotopic (exact) mass is 283 g/mol. The molecule has 0 aromatic heterocycles. The lowest BCUT2D eigenvalue weighted by Gasteiger charge is -2.17. The minimum atomic E-state index is -0.946. The van der Waals surface area contributed by atoms with Gasteiger partial charge < -0.3 is 10.1 Å². The van der Waals surface area contributed by atoms with E-state index in [1.54, 1.807) is 48.5 Å². The van der Waals surface area contributed by atoms with Gasteiger partial charge in [0.15, 0.2) is 0 Å². The van der Waals surface area contributed by atoms with Crippen LogP contribution < -0.4 is 5.32 Å². The van der Waals surface area contributed by atoms with Crippen molar-refractivity contribution >= 4 is 11.9 Å². The maximum absolute atomic E-state index is 12.1. The number of esters is 1. The highest BCUT2D eigenvalue weighted by atomic mass is 16.5. The molecule has 0 aliphatic carbocycles. The number of likely N-dealkylation sites (N-methyl/N-ethyl adjacent to an activating group) is 1. The molecule has 2 rings (SSSR count). The van der Waals surface area contributed by atoms with Crippen LogP contribution >= 0.6 is 0 Å². The number of rotatable bonds is 5. The largest absolute Gasteiger partial charge is 0.444 e. The van der Waals surface area contributed by atoms with Crippen molar-refractivity contribution in [1.29, 1.82) is 0 Å². The number of nitrogens with one attached hydrogen (secondary N) is 1. The number of benzene rings is 2. The molecule has 0 heterocycles. The molecule has 4 nitrogen and oxygen atoms in total. The van der Waals surface area contributed by atoms with E-state index in [1.807, 2.05) is 19.1 Å². The SMILES string of the molecule is CCNC(=O)C(OC(=O)c1ccccc1)c1ccccc1. The minimum absolute atomic E-state index is 0.326. The molecule has 1 amide bonds. The van der Waals surface area contributed by atoms with Crippen molar-refractivity contribution in [2.75, 3.05) is 6.54 Å². The zero-order valence-corrected chi connectivity index (χ0v) is 11.8. The molecule has 4 heteroatoms. The predicted octanol–water partition coefficient (Wildman–Crippen LogP) is 2.72. The summed E-state index contributed by atoms with van der Waals surface area (Å²) in [6.07, 6.45) is -0.946. The molecule has 2 aromatic carbocycles. The molecule has 108 valence electrons. The van der Waals surface area contributed by atoms with Crippen LogP contribution in [0.3, 0.4) is 0 Å². The lowest BCUT2D eigenvalue weighted by atomic mass is 10.1. The van der Waals surface area contributed by atoms with E-state index in [1.165, 1.54) is 0 Å². The van der Waals surface area contributed by atoms with Crippen LogP contribution in [0.4, 0.5) is 0 Å². The van der Waals surface area contributed by atoms with E-state index in [2.05, 4.69) is 5.32 Å². The Kier molecular flexibility index (Phi) is 5.10. The number of hydrogen-bond donors (Lipinski definition) is 1. The van der Waals surface area contributed by atoms with E-state index >= 15 is 0 Å². The fourth-order valence-electron chi connectivity index (χ4n) is 1.92. The summed E-state index contributed by atoms with van der Waals surface area (Å²) in [5.41, 5.74) is 1.07. The van der Waals surface area contributed by atoms with Crippen molar-refractivity contribution in [3.05, 3.63) is 71.8 Å². The third-order valence-corrected chi connectivity index (χ3v) is 2.93. The van der Waals surface area contributed by atoms with Crippen molar-refractivity contribution < 1.29 is 14.3 Å². The molecule has 0 aliphatic rings. The van der Waals surface area contributed by atoms with Crippen molar-refractivity contribution in [2.24, 2.45) is 0 Å². The summed E-state index contributed by atoms with van der Waals surface area (Å²) in [6.45, 7) is 2.30. The highest BCUT2D eigenvalue weighted by Crippen LogP contribution is 2.19. The van der Waals surface area contributed by atoms with Crippen LogP contribution in [0, 0.1) is 0 Å². The Morgan fingerprint density at radius 1 is 1.00 bits per heavy atom. The summed E-state index contributed by atoms with van der Waals surface area (Å²) in [6, 6.07) is 17.6. The van der Waals surface area contributed by atoms with Crippen LogP contribution in [0.25, 0.3) is 0 Å². The molecule has 0 saturated carbocycles. The van der Waals surface area contributed by atoms with Gasteiger partial charge >= 0.3 is 5.97 Å². The second-order valence-electron chi connectivity index (χ2n) is 4.46. The van der Waals surface area contributed by atoms with Gasteiger partial charge in [-0.25, -0.2) is 4.79 Å². The summed E-state index contributed by atoms with van der Waals surface area (Å²) in [7, 11) is 0. The molecule has 1 unspecified atom stereocenters. The minimum Gasteiger partial charge on any atom is -0.444 e. The molecule has 0 spiro atoms. The second kappa shape index (κ2) is 7.24. The van der Waals surface area contributed by atoms with Crippen molar-refractivity contribution in [3.8, 4) is 0 Å². The maximum Gasteiger partial charge on any atom is 0.339 e. The summed E-state index contributed by atoms with van der Waals surface area (Å²) < 4.78 is 5.39. The number of amides is 1. The van der Waals surface area contributed by atoms with Crippen LogP contribution in [0.5, 0.6) is 0 Å². The van der Waals surface area contributed by atoms with E-state index in [0.717, 1.165) is 0 Å². The van der Waals surface area contributed by atoms with E-state index in [-0.39, 0.29) is 5.91 Å². The predicted molar refractivity (Wildman–Crippen MR) is 79.7 cm³/mol. The molecule has 0 radical (unpaired) electrons. The summed E-state index contributed by atoms with van der Waals surface area (Å²) in [4.78, 5) is 24.3. The molecule has 0 saturated heterocycles. The van der Waals surface area contributed by atoms with Gasteiger partial charge in [-0.05, 0) is 19.1 Å². The van der Waals surface area contributed by atoms with Gasteiger partial charge in [-0.2, -0.15) is 0 Å². The van der Waals surface area contributed by atoms with Crippen LogP contribution in [-0.4, -0.2) is 18.4 Å². The maximum atomic E-state index is 12.1. The fourth-order valence-corrected chi connectivity index (χ4v) is 1.92. The number of hydrogen-bond acceptors (Lipinski definition) is 3. The first-order valence-electron chi connectivity index (χ1n) is 6.81. The molecular formula is C17H17NO3. The molecule has 0 aliphatic heterocycles. The number of ether oxygens (including phenoxy) is 1. The zero-order chi connectivity index (χ0) is 15.1. The average molecular weight is 283 g/mol. The van der Waals surface area contributed by atoms with E-state index in [4.69, 9.17) is 4.74 Å². The first-order chi connectivity index (χ1) is 10.2. The smallest absolute Gasteiger partial charge is 0.339 e. The summed E-state index contributed by atoms with van der Waals surface area (Å²) in [5, 5.41) is 2.68. The zero-order valence-electron chi connectivity index (χ0n) is 11.8. The second-order valence-corrected chi connectivity index (χ2v) is 4.46. The van der Waals surface area contributed by atoms with Crippen LogP contribution in [0.15, 0.2) is 60.7 Å². The van der Waals surface area contributed by atoms with Gasteiger partial charge in [0.25, 0.3) is 5.91 Å². The third kappa shape index (κ3) is 3.92. The molecule has 21 heavy (non-hydrogen) atoms. The van der Waals surface area contributed by atoms with Gasteiger partial charge in [-0.15, -0.1) is 0 Å². The Balaban J connectivity index is 2.20. The van der Waals surface area contributed by atoms with E-state index < -0.39 is 12.1 Å². The Bertz CT molecular complexity index is 596. The third-order valence-electron chi connectivity index (χ3n) is 2.93. The summed E-state index contributed by atoms with van der Waals surface area (Å²) >= 11 is 0. The lowest BCUT2D eigenvalue weighted by Crippen LogP contribution is -2.32. The van der Waals surface area contributed by atoms with Gasteiger partial charge in [-0.1, -0.05) is 48.5 Å². The van der Waals surface area contributed by atoms with Crippen molar-refractivity contribution in [1.82, 2.24) is 5.32 Å². The first kappa shape index (κ1) is 14.8. The molecule has 1 atom stereocenters. The standard InChI is InChI=1S/C17H17NO3/c1-2-18-16(19)15(13-9-5-3-6-10-13)21-17(20)14-11-7-4-8-12-14/h3-12,15H,2H2,1H3,(H,18,19). The highest BCUT2D eigenvalue weighted by Gasteiger charge is 2.24. The van der Waals surface area contributed by atoms with Crippen LogP contribution in [0.1, 0.15) is 28.9 Å². The number of carbonyl (C=O) groups is 2. The molecule has 0 fully saturated rings. The Hall–Kier alpha value is -2.62. The molecule has 0 bridgehead atoms. The topological polar surface area (TPSA) is 55.4 Å². The van der Waals surface area contributed by atoms with Gasteiger partial charge in [0.05, 0.1) is 5.56 Å². The first-order valence-corrected chi connectivity index (χ1v) is 6.81. The highest BCUT2D eigenvalue weighted by molar-refractivity contribution is 5.92. The molecular weight excluding hydrogens is 266 g/mol. The van der Waals surface area contributed by atoms with Gasteiger partial charge in [0.1, 0.15) is 0 Å². The quantitative estimate of drug-likeness (QED) is 0.858. The Morgan fingerprint density at radius 2 is 1.57 bits per heavy atom. The lowest BCUT2D eigenvalue weighted by molar-refractivity contribution is -0.130. The summed E-state index contributed by atoms with van der Waals surface area (Å²) in [5.74, 6) is -0.844. The van der Waals surface area contributed by atoms with E-state index in [9.17, 15) is 9.59 Å². The molecule has 1 N–H and O–H groups in total. The molecule has 2 aromatic rings. The Labute approximate surface area is 123 Å². The Morgan fingerprint density at radius 3 is 2.14 bits per heavy atom. The fraction of sp³-hybridized carbons (Fsp3) is 0.176. The van der Waals surface area contributed by atoms with Gasteiger partial charge in [0.2, 0.25) is 6.10 Å². The van der Waals surface area contributed by atoms with E-state index in [0.29, 0.717) is 17.7 Å². The van der Waals surface area contributed by atoms with Gasteiger partial charge in [0, 0.05) is 12.1 Å². The average Bonchev–Trinajstić information content (AvgIpc) is 2.54. The van der Waals surface area contributed by atoms with Crippen molar-refractivity contribution in [3.63, 3.8) is 0 Å². The normalized spacial score (nSPS) is 11.5. The van der Waals surface area contributed by atoms with Gasteiger partial charge in [-0.3, -0.25) is 4.79 Å².